The van der Waals surface area contributed by atoms with E-state index in [9.17, 15) is 23.3 Å². The quantitative estimate of drug-likeness (QED) is 0.635. The number of nitrogens with one attached hydrogen (secondary N) is 1. The molecule has 2 aromatic rings. The van der Waals surface area contributed by atoms with Crippen LogP contribution in [0.1, 0.15) is 23.6 Å². The van der Waals surface area contributed by atoms with Crippen LogP contribution in [-0.4, -0.2) is 4.92 Å². The highest BCUT2D eigenvalue weighted by atomic mass is 19.4. The van der Waals surface area contributed by atoms with Crippen molar-refractivity contribution in [2.75, 3.05) is 5.32 Å². The predicted molar refractivity (Wildman–Crippen MR) is 81.1 cm³/mol. The zero-order valence-electron chi connectivity index (χ0n) is 12.2. The molecular formula is C16H12F3N3O2. The van der Waals surface area contributed by atoms with Crippen molar-refractivity contribution in [2.24, 2.45) is 0 Å². The summed E-state index contributed by atoms with van der Waals surface area (Å²) in [6.45, 7) is 0. The first-order chi connectivity index (χ1) is 11.3. The fourth-order valence-corrected chi connectivity index (χ4v) is 2.20. The summed E-state index contributed by atoms with van der Waals surface area (Å²) in [7, 11) is 0. The van der Waals surface area contributed by atoms with Crippen LogP contribution in [0.25, 0.3) is 0 Å². The van der Waals surface area contributed by atoms with Gasteiger partial charge in [-0.15, -0.1) is 0 Å². The van der Waals surface area contributed by atoms with E-state index in [1.54, 1.807) is 30.3 Å². The summed E-state index contributed by atoms with van der Waals surface area (Å²) in [5, 5.41) is 22.8. The van der Waals surface area contributed by atoms with Crippen molar-refractivity contribution in [3.63, 3.8) is 0 Å². The third-order valence-electron chi connectivity index (χ3n) is 3.35. The van der Waals surface area contributed by atoms with Crippen molar-refractivity contribution < 1.29 is 18.1 Å². The van der Waals surface area contributed by atoms with E-state index in [0.717, 1.165) is 12.1 Å². The van der Waals surface area contributed by atoms with Gasteiger partial charge in [0.15, 0.2) is 0 Å². The summed E-state index contributed by atoms with van der Waals surface area (Å²) in [6, 6.07) is 12.3. The van der Waals surface area contributed by atoms with Crippen LogP contribution in [0.5, 0.6) is 0 Å². The minimum Gasteiger partial charge on any atom is -0.372 e. The van der Waals surface area contributed by atoms with Crippen LogP contribution >= 0.6 is 0 Å². The largest absolute Gasteiger partial charge is 0.416 e. The van der Waals surface area contributed by atoms with Crippen LogP contribution < -0.4 is 5.32 Å². The third-order valence-corrected chi connectivity index (χ3v) is 3.35. The number of halogens is 3. The number of hydrogen-bond acceptors (Lipinski definition) is 4. The first kappa shape index (κ1) is 17.3. The van der Waals surface area contributed by atoms with Gasteiger partial charge in [-0.05, 0) is 17.7 Å². The molecule has 0 bridgehead atoms. The van der Waals surface area contributed by atoms with Gasteiger partial charge in [0.2, 0.25) is 0 Å². The summed E-state index contributed by atoms with van der Waals surface area (Å²) >= 11 is 0. The lowest BCUT2D eigenvalue weighted by molar-refractivity contribution is -0.384. The average molecular weight is 335 g/mol. The number of benzene rings is 2. The van der Waals surface area contributed by atoms with Gasteiger partial charge < -0.3 is 5.32 Å². The zero-order valence-corrected chi connectivity index (χ0v) is 12.2. The predicted octanol–water partition coefficient (Wildman–Crippen LogP) is 4.68. The van der Waals surface area contributed by atoms with E-state index in [0.29, 0.717) is 11.6 Å². The molecule has 1 atom stereocenters. The summed E-state index contributed by atoms with van der Waals surface area (Å²) in [6.07, 6.45) is -4.67. The van der Waals surface area contributed by atoms with Gasteiger partial charge in [0, 0.05) is 6.07 Å². The van der Waals surface area contributed by atoms with Crippen molar-refractivity contribution in [1.29, 1.82) is 5.26 Å². The van der Waals surface area contributed by atoms with Crippen molar-refractivity contribution in [3.8, 4) is 6.07 Å². The Bertz CT molecular complexity index is 770. The number of nitro groups is 1. The van der Waals surface area contributed by atoms with E-state index in [1.165, 1.54) is 0 Å². The first-order valence-electron chi connectivity index (χ1n) is 6.87. The van der Waals surface area contributed by atoms with Crippen molar-refractivity contribution in [2.45, 2.75) is 18.6 Å². The highest BCUT2D eigenvalue weighted by Crippen LogP contribution is 2.36. The molecule has 0 fully saturated rings. The molecule has 8 heteroatoms. The Kier molecular flexibility index (Phi) is 5.04. The molecule has 0 saturated carbocycles. The fraction of sp³-hybridized carbons (Fsp3) is 0.188. The fourth-order valence-electron chi connectivity index (χ4n) is 2.20. The number of nitriles is 1. The lowest BCUT2D eigenvalue weighted by Crippen LogP contribution is -2.12. The molecule has 2 rings (SSSR count). The maximum Gasteiger partial charge on any atom is 0.416 e. The second-order valence-electron chi connectivity index (χ2n) is 4.96. The van der Waals surface area contributed by atoms with Crippen LogP contribution in [0.3, 0.4) is 0 Å². The molecular weight excluding hydrogens is 323 g/mol. The highest BCUT2D eigenvalue weighted by Gasteiger charge is 2.33. The molecule has 2 aromatic carbocycles. The lowest BCUT2D eigenvalue weighted by Gasteiger charge is -2.18. The Morgan fingerprint density at radius 1 is 1.21 bits per heavy atom. The molecule has 124 valence electrons. The van der Waals surface area contributed by atoms with Gasteiger partial charge in [-0.1, -0.05) is 30.3 Å². The summed E-state index contributed by atoms with van der Waals surface area (Å²) in [4.78, 5) is 10.2. The molecule has 24 heavy (non-hydrogen) atoms. The topological polar surface area (TPSA) is 79.0 Å². The van der Waals surface area contributed by atoms with E-state index in [2.05, 4.69) is 5.32 Å². The van der Waals surface area contributed by atoms with Crippen molar-refractivity contribution in [1.82, 2.24) is 0 Å². The maximum atomic E-state index is 12.7. The smallest absolute Gasteiger partial charge is 0.372 e. The van der Waals surface area contributed by atoms with Gasteiger partial charge in [-0.25, -0.2) is 0 Å². The Morgan fingerprint density at radius 3 is 2.42 bits per heavy atom. The van der Waals surface area contributed by atoms with Gasteiger partial charge in [0.25, 0.3) is 5.69 Å². The first-order valence-corrected chi connectivity index (χ1v) is 6.87. The number of nitro benzene ring substituents is 1. The van der Waals surface area contributed by atoms with Gasteiger partial charge in [0.05, 0.1) is 29.0 Å². The summed E-state index contributed by atoms with van der Waals surface area (Å²) in [5.41, 5.74) is -1.16. The molecule has 1 unspecified atom stereocenters. The van der Waals surface area contributed by atoms with Crippen LogP contribution in [0.4, 0.5) is 24.5 Å². The number of anilines is 1. The van der Waals surface area contributed by atoms with E-state index in [-0.39, 0.29) is 12.1 Å². The van der Waals surface area contributed by atoms with Crippen LogP contribution in [0.15, 0.2) is 48.5 Å². The zero-order chi connectivity index (χ0) is 17.7. The number of rotatable bonds is 5. The van der Waals surface area contributed by atoms with Gasteiger partial charge in [-0.3, -0.25) is 10.1 Å². The standard InChI is InChI=1S/C16H12F3N3O2/c17-16(18,19)12-6-7-14(15(10-12)22(23)24)21-13(8-9-20)11-4-2-1-3-5-11/h1-7,10,13,21H,8H2. The van der Waals surface area contributed by atoms with Crippen LogP contribution in [-0.2, 0) is 6.18 Å². The molecule has 0 heterocycles. The molecule has 1 N–H and O–H groups in total. The van der Waals surface area contributed by atoms with Crippen molar-refractivity contribution >= 4 is 11.4 Å². The van der Waals surface area contributed by atoms with E-state index < -0.39 is 28.4 Å². The van der Waals surface area contributed by atoms with Gasteiger partial charge in [0.1, 0.15) is 5.69 Å². The second kappa shape index (κ2) is 7.00. The van der Waals surface area contributed by atoms with Gasteiger partial charge >= 0.3 is 6.18 Å². The molecule has 0 radical (unpaired) electrons. The third kappa shape index (κ3) is 4.01. The maximum absolute atomic E-state index is 12.7. The monoisotopic (exact) mass is 335 g/mol. The molecule has 0 spiro atoms. The van der Waals surface area contributed by atoms with E-state index in [4.69, 9.17) is 5.26 Å². The average Bonchev–Trinajstić information content (AvgIpc) is 2.54. The highest BCUT2D eigenvalue weighted by molar-refractivity contribution is 5.64. The summed E-state index contributed by atoms with van der Waals surface area (Å²) < 4.78 is 38.2. The number of alkyl halides is 3. The molecule has 5 nitrogen and oxygen atoms in total. The Hall–Kier alpha value is -3.08. The molecule has 0 amide bonds. The molecule has 0 aromatic heterocycles. The molecule has 0 aliphatic heterocycles. The lowest BCUT2D eigenvalue weighted by atomic mass is 10.0. The second-order valence-corrected chi connectivity index (χ2v) is 4.96. The summed E-state index contributed by atoms with van der Waals surface area (Å²) in [5.74, 6) is 0. The number of nitrogens with zero attached hydrogens (tertiary/aromatic N) is 2. The minimum atomic E-state index is -4.67. The molecule has 0 aliphatic carbocycles. The molecule has 0 saturated heterocycles. The van der Waals surface area contributed by atoms with E-state index in [1.807, 2.05) is 6.07 Å². The Morgan fingerprint density at radius 2 is 1.88 bits per heavy atom. The normalized spacial score (nSPS) is 12.2. The minimum absolute atomic E-state index is 0.00217. The molecule has 0 aliphatic rings. The SMILES string of the molecule is N#CCC(Nc1ccc(C(F)(F)F)cc1[N+](=O)[O-])c1ccccc1. The Labute approximate surface area is 135 Å². The van der Waals surface area contributed by atoms with Gasteiger partial charge in [-0.2, -0.15) is 18.4 Å². The Balaban J connectivity index is 2.40. The van der Waals surface area contributed by atoms with E-state index >= 15 is 0 Å². The van der Waals surface area contributed by atoms with Crippen molar-refractivity contribution in [3.05, 3.63) is 69.8 Å². The van der Waals surface area contributed by atoms with Crippen LogP contribution in [0.2, 0.25) is 0 Å². The number of hydrogen-bond donors (Lipinski definition) is 1. The van der Waals surface area contributed by atoms with Crippen LogP contribution in [0, 0.1) is 21.4 Å².